The molecular formula is C30H37ClFN9O3S. The van der Waals surface area contributed by atoms with E-state index in [-0.39, 0.29) is 34.6 Å². The molecule has 4 aromatic rings. The summed E-state index contributed by atoms with van der Waals surface area (Å²) >= 11 is 6.23. The van der Waals surface area contributed by atoms with Crippen molar-refractivity contribution in [2.24, 2.45) is 13.0 Å². The number of rotatable bonds is 12. The molecule has 0 spiro atoms. The van der Waals surface area contributed by atoms with Crippen LogP contribution in [0.2, 0.25) is 5.15 Å². The number of nitrogens with zero attached hydrogens (tertiary/aromatic N) is 7. The van der Waals surface area contributed by atoms with Crippen molar-refractivity contribution in [2.75, 3.05) is 36.2 Å². The number of nitrogens with two attached hydrogens (primary N) is 1. The minimum absolute atomic E-state index is 0.0748. The number of hydrogen-bond acceptors (Lipinski definition) is 11. The van der Waals surface area contributed by atoms with Gasteiger partial charge in [0.15, 0.2) is 5.82 Å². The third kappa shape index (κ3) is 7.68. The molecule has 0 unspecified atom stereocenters. The third-order valence-corrected chi connectivity index (χ3v) is 9.16. The number of anilines is 2. The van der Waals surface area contributed by atoms with Crippen molar-refractivity contribution in [1.29, 1.82) is 0 Å². The molecule has 1 aliphatic heterocycles. The van der Waals surface area contributed by atoms with Gasteiger partial charge in [-0.1, -0.05) is 11.6 Å². The third-order valence-electron chi connectivity index (χ3n) is 7.92. The number of nitrogens with one attached hydrogen (secondary N) is 1. The average molecular weight is 658 g/mol. The van der Waals surface area contributed by atoms with Gasteiger partial charge in [-0.3, -0.25) is 9.88 Å². The number of halogens is 2. The molecule has 45 heavy (non-hydrogen) atoms. The monoisotopic (exact) mass is 657 g/mol. The van der Waals surface area contributed by atoms with E-state index in [4.69, 9.17) is 22.1 Å². The topological polar surface area (TPSA) is 154 Å². The van der Waals surface area contributed by atoms with E-state index in [1.807, 2.05) is 20.8 Å². The van der Waals surface area contributed by atoms with Crippen molar-refractivity contribution in [3.05, 3.63) is 59.0 Å². The zero-order chi connectivity index (χ0) is 32.5. The van der Waals surface area contributed by atoms with Crippen LogP contribution in [0.5, 0.6) is 5.88 Å². The first-order chi connectivity index (χ1) is 21.3. The first kappa shape index (κ1) is 32.5. The summed E-state index contributed by atoms with van der Waals surface area (Å²) in [5.41, 5.74) is 9.18. The van der Waals surface area contributed by atoms with Gasteiger partial charge in [-0.05, 0) is 44.5 Å². The second-order valence-electron chi connectivity index (χ2n) is 11.6. The van der Waals surface area contributed by atoms with Gasteiger partial charge in [0.1, 0.15) is 37.9 Å². The Kier molecular flexibility index (Phi) is 9.56. The van der Waals surface area contributed by atoms with Crippen LogP contribution in [-0.4, -0.2) is 80.3 Å². The lowest BCUT2D eigenvalue weighted by atomic mass is 9.91. The van der Waals surface area contributed by atoms with Gasteiger partial charge in [0, 0.05) is 80.7 Å². The Morgan fingerprint density at radius 2 is 2.02 bits per heavy atom. The van der Waals surface area contributed by atoms with Gasteiger partial charge in [0.25, 0.3) is 0 Å². The number of pyridine rings is 2. The predicted octanol–water partition coefficient (Wildman–Crippen LogP) is 4.15. The molecule has 12 nitrogen and oxygen atoms in total. The highest BCUT2D eigenvalue weighted by atomic mass is 35.5. The van der Waals surface area contributed by atoms with Crippen LogP contribution in [0.25, 0.3) is 22.6 Å². The predicted molar refractivity (Wildman–Crippen MR) is 172 cm³/mol. The minimum atomic E-state index is -3.04. The molecule has 1 saturated heterocycles. The molecule has 0 radical (unpaired) electrons. The van der Waals surface area contributed by atoms with E-state index in [0.29, 0.717) is 66.0 Å². The Balaban J connectivity index is 1.24. The lowest BCUT2D eigenvalue weighted by Crippen LogP contribution is -2.56. The molecule has 5 heterocycles. The maximum absolute atomic E-state index is 15.5. The van der Waals surface area contributed by atoms with Gasteiger partial charge in [0.2, 0.25) is 5.88 Å². The van der Waals surface area contributed by atoms with Crippen LogP contribution in [0.15, 0.2) is 36.8 Å². The molecule has 0 amide bonds. The van der Waals surface area contributed by atoms with Crippen LogP contribution in [0, 0.1) is 18.7 Å². The molecule has 3 N–H and O–H groups in total. The number of aromatic nitrogens is 6. The summed E-state index contributed by atoms with van der Waals surface area (Å²) < 4.78 is 46.6. The highest BCUT2D eigenvalue weighted by Gasteiger charge is 2.37. The van der Waals surface area contributed by atoms with Gasteiger partial charge in [-0.25, -0.2) is 32.4 Å². The summed E-state index contributed by atoms with van der Waals surface area (Å²) in [5.74, 6) is 1.06. The van der Waals surface area contributed by atoms with Crippen LogP contribution < -0.4 is 15.8 Å². The van der Waals surface area contributed by atoms with E-state index in [0.717, 1.165) is 5.69 Å². The van der Waals surface area contributed by atoms with E-state index >= 15 is 4.39 Å². The lowest BCUT2D eigenvalue weighted by molar-refractivity contribution is 0.0323. The molecule has 4 aromatic heterocycles. The molecule has 240 valence electrons. The fourth-order valence-corrected chi connectivity index (χ4v) is 6.85. The van der Waals surface area contributed by atoms with Crippen LogP contribution in [0.1, 0.15) is 31.5 Å². The number of nitrogen functional groups attached to an aromatic ring is 1. The fraction of sp³-hybridized carbons (Fsp3) is 0.433. The Morgan fingerprint density at radius 1 is 1.24 bits per heavy atom. The molecular weight excluding hydrogens is 621 g/mol. The summed E-state index contributed by atoms with van der Waals surface area (Å²) in [5, 5.41) is 8.12. The van der Waals surface area contributed by atoms with E-state index in [1.54, 1.807) is 36.3 Å². The normalized spacial score (nSPS) is 17.6. The molecule has 1 fully saturated rings. The van der Waals surface area contributed by atoms with Crippen LogP contribution >= 0.6 is 11.6 Å². The standard InChI is InChI=1S/C30H37ClFN9O3S/c1-17(7-9-44-30-27(18(2)39-40(30)4)29-34-8-6-26(33)38-29)37-24-11-25(31)35-13-22(24)28-23(32)10-20(12-36-28)14-41-15-21(19(41)3)16-45(5,42)43/h6,8,10-13,17,19,21H,7,9,14-16H2,1-5H3,(H,35,37)(H2,33,34,38)/t17-,19+,21-/m0/s1. The average Bonchev–Trinajstić information content (AvgIpc) is 3.24. The quantitative estimate of drug-likeness (QED) is 0.211. The van der Waals surface area contributed by atoms with Gasteiger partial charge in [-0.15, -0.1) is 0 Å². The van der Waals surface area contributed by atoms with E-state index in [2.05, 4.69) is 35.3 Å². The van der Waals surface area contributed by atoms with Crippen LogP contribution in [-0.2, 0) is 23.4 Å². The summed E-state index contributed by atoms with van der Waals surface area (Å²) in [6, 6.07) is 4.72. The maximum Gasteiger partial charge on any atom is 0.223 e. The van der Waals surface area contributed by atoms with Gasteiger partial charge in [-0.2, -0.15) is 5.10 Å². The van der Waals surface area contributed by atoms with E-state index in [1.165, 1.54) is 18.5 Å². The summed E-state index contributed by atoms with van der Waals surface area (Å²) in [6.07, 6.45) is 6.57. The van der Waals surface area contributed by atoms with E-state index < -0.39 is 15.7 Å². The Bertz CT molecular complexity index is 1800. The number of likely N-dealkylation sites (tertiary alicyclic amines) is 1. The van der Waals surface area contributed by atoms with Crippen LogP contribution in [0.4, 0.5) is 15.9 Å². The second kappa shape index (κ2) is 13.2. The number of ether oxygens (including phenoxy) is 1. The molecule has 15 heteroatoms. The van der Waals surface area contributed by atoms with Gasteiger partial charge < -0.3 is 15.8 Å². The van der Waals surface area contributed by atoms with E-state index in [9.17, 15) is 8.42 Å². The number of hydrogen-bond donors (Lipinski definition) is 2. The van der Waals surface area contributed by atoms with Crippen molar-refractivity contribution < 1.29 is 17.5 Å². The summed E-state index contributed by atoms with van der Waals surface area (Å²) in [7, 11) is -1.25. The van der Waals surface area contributed by atoms with Crippen LogP contribution in [0.3, 0.4) is 0 Å². The summed E-state index contributed by atoms with van der Waals surface area (Å²) in [6.45, 7) is 7.30. The molecule has 0 saturated carbocycles. The lowest BCUT2D eigenvalue weighted by Gasteiger charge is -2.46. The second-order valence-corrected chi connectivity index (χ2v) is 14.2. The zero-order valence-corrected chi connectivity index (χ0v) is 27.4. The van der Waals surface area contributed by atoms with Gasteiger partial charge >= 0.3 is 0 Å². The fourth-order valence-electron chi connectivity index (χ4n) is 5.53. The Morgan fingerprint density at radius 3 is 2.71 bits per heavy atom. The maximum atomic E-state index is 15.5. The van der Waals surface area contributed by atoms with Crippen molar-refractivity contribution in [3.63, 3.8) is 0 Å². The molecule has 5 rings (SSSR count). The Labute approximate surface area is 267 Å². The molecule has 0 aliphatic carbocycles. The number of sulfone groups is 1. The first-order valence-corrected chi connectivity index (χ1v) is 17.0. The van der Waals surface area contributed by atoms with Crippen molar-refractivity contribution in [2.45, 2.75) is 45.8 Å². The molecule has 1 aliphatic rings. The summed E-state index contributed by atoms with van der Waals surface area (Å²) in [4.78, 5) is 19.4. The van der Waals surface area contributed by atoms with Crippen molar-refractivity contribution in [1.82, 2.24) is 34.6 Å². The Hall–Kier alpha value is -3.88. The number of aryl methyl sites for hydroxylation is 2. The minimum Gasteiger partial charge on any atom is -0.477 e. The highest BCUT2D eigenvalue weighted by molar-refractivity contribution is 7.90. The molecule has 0 bridgehead atoms. The highest BCUT2D eigenvalue weighted by Crippen LogP contribution is 2.33. The van der Waals surface area contributed by atoms with Gasteiger partial charge in [0.05, 0.1) is 18.1 Å². The molecule has 3 atom stereocenters. The van der Waals surface area contributed by atoms with Crippen molar-refractivity contribution in [3.8, 4) is 28.5 Å². The zero-order valence-electron chi connectivity index (χ0n) is 25.8. The smallest absolute Gasteiger partial charge is 0.223 e. The van der Waals surface area contributed by atoms with Crippen molar-refractivity contribution >= 4 is 32.9 Å². The first-order valence-electron chi connectivity index (χ1n) is 14.5. The molecule has 0 aromatic carbocycles. The SMILES string of the molecule is Cc1nn(C)c(OCC[C@H](C)Nc2cc(Cl)ncc2-c2ncc(CN3C[C@@H](CS(C)(=O)=O)[C@H]3C)cc2F)c1-c1nccc(N)n1. The largest absolute Gasteiger partial charge is 0.477 e.